The van der Waals surface area contributed by atoms with Crippen molar-refractivity contribution in [1.29, 1.82) is 0 Å². The Kier molecular flexibility index (Phi) is 2.44. The molecule has 3 nitrogen and oxygen atoms in total. The molecule has 5 N–H and O–H groups in total. The summed E-state index contributed by atoms with van der Waals surface area (Å²) in [6.45, 7) is 0. The summed E-state index contributed by atoms with van der Waals surface area (Å²) in [5, 5.41) is 2.72. The maximum absolute atomic E-state index is 12.5. The first-order chi connectivity index (χ1) is 5.59. The maximum Gasteiger partial charge on any atom is 0.168 e. The molecule has 0 radical (unpaired) electrons. The first kappa shape index (κ1) is 8.73. The highest BCUT2D eigenvalue weighted by Crippen LogP contribution is 2.18. The van der Waals surface area contributed by atoms with E-state index in [1.165, 1.54) is 18.2 Å². The molecule has 64 valence electrons. The normalized spacial score (nSPS) is 9.42. The second-order valence-electron chi connectivity index (χ2n) is 2.22. The van der Waals surface area contributed by atoms with E-state index in [1.807, 2.05) is 0 Å². The lowest BCUT2D eigenvalue weighted by Gasteiger charge is -2.06. The van der Waals surface area contributed by atoms with E-state index in [0.717, 1.165) is 0 Å². The highest BCUT2D eigenvalue weighted by molar-refractivity contribution is 7.80. The van der Waals surface area contributed by atoms with E-state index >= 15 is 0 Å². The molecule has 0 aromatic heterocycles. The average Bonchev–Trinajstić information content (AvgIpc) is 1.94. The molecule has 0 fully saturated rings. The summed E-state index contributed by atoms with van der Waals surface area (Å²) in [7, 11) is 0. The summed E-state index contributed by atoms with van der Waals surface area (Å²) in [6, 6.07) is 3.95. The van der Waals surface area contributed by atoms with Crippen LogP contribution in [0.3, 0.4) is 0 Å². The molecule has 0 aliphatic rings. The zero-order chi connectivity index (χ0) is 9.14. The summed E-state index contributed by atoms with van der Waals surface area (Å²) >= 11 is 4.59. The summed E-state index contributed by atoms with van der Waals surface area (Å²) in [4.78, 5) is 0. The number of benzene rings is 1. The van der Waals surface area contributed by atoms with E-state index in [2.05, 4.69) is 17.5 Å². The quantitative estimate of drug-likeness (QED) is 0.452. The fraction of sp³-hybridized carbons (Fsp3) is 0. The van der Waals surface area contributed by atoms with Crippen LogP contribution < -0.4 is 16.8 Å². The molecule has 0 spiro atoms. The van der Waals surface area contributed by atoms with Gasteiger partial charge < -0.3 is 16.8 Å². The minimum absolute atomic E-state index is 0.105. The fourth-order valence-corrected chi connectivity index (χ4v) is 0.890. The highest BCUT2D eigenvalue weighted by atomic mass is 32.1. The van der Waals surface area contributed by atoms with Gasteiger partial charge in [0.1, 0.15) is 5.82 Å². The van der Waals surface area contributed by atoms with Gasteiger partial charge in [-0.15, -0.1) is 0 Å². The molecule has 5 heteroatoms. The number of nitrogens with two attached hydrogens (primary N) is 2. The van der Waals surface area contributed by atoms with Gasteiger partial charge in [-0.25, -0.2) is 4.39 Å². The SMILES string of the molecule is NC(=S)Nc1ccc(F)cc1N. The van der Waals surface area contributed by atoms with Crippen LogP contribution in [0.1, 0.15) is 0 Å². The minimum atomic E-state index is -0.388. The van der Waals surface area contributed by atoms with E-state index in [1.54, 1.807) is 0 Å². The Hall–Kier alpha value is -1.36. The van der Waals surface area contributed by atoms with Gasteiger partial charge in [0, 0.05) is 0 Å². The number of anilines is 2. The molecular weight excluding hydrogens is 177 g/mol. The number of rotatable bonds is 1. The van der Waals surface area contributed by atoms with Crippen molar-refractivity contribution in [1.82, 2.24) is 0 Å². The Labute approximate surface area is 74.6 Å². The van der Waals surface area contributed by atoms with Crippen LogP contribution in [0.15, 0.2) is 18.2 Å². The van der Waals surface area contributed by atoms with E-state index in [9.17, 15) is 4.39 Å². The van der Waals surface area contributed by atoms with Crippen LogP contribution in [0.25, 0.3) is 0 Å². The van der Waals surface area contributed by atoms with E-state index in [4.69, 9.17) is 11.5 Å². The summed E-state index contributed by atoms with van der Waals surface area (Å²) in [5.41, 5.74) is 11.5. The third-order valence-corrected chi connectivity index (χ3v) is 1.37. The van der Waals surface area contributed by atoms with Gasteiger partial charge in [-0.2, -0.15) is 0 Å². The van der Waals surface area contributed by atoms with E-state index < -0.39 is 0 Å². The number of nitrogens with one attached hydrogen (secondary N) is 1. The van der Waals surface area contributed by atoms with Crippen molar-refractivity contribution >= 4 is 28.7 Å². The molecule has 0 bridgehead atoms. The average molecular weight is 185 g/mol. The van der Waals surface area contributed by atoms with Gasteiger partial charge in [0.2, 0.25) is 0 Å². The Bertz CT molecular complexity index is 314. The molecule has 1 aromatic rings. The zero-order valence-corrected chi connectivity index (χ0v) is 6.99. The molecule has 0 unspecified atom stereocenters. The van der Waals surface area contributed by atoms with Crippen LogP contribution in [-0.2, 0) is 0 Å². The van der Waals surface area contributed by atoms with Crippen LogP contribution in [0.4, 0.5) is 15.8 Å². The number of halogens is 1. The summed E-state index contributed by atoms with van der Waals surface area (Å²) in [5.74, 6) is -0.388. The molecule has 0 aliphatic carbocycles. The molecule has 1 aromatic carbocycles. The molecule has 0 saturated heterocycles. The van der Waals surface area contributed by atoms with Gasteiger partial charge in [-0.3, -0.25) is 0 Å². The molecule has 0 saturated carbocycles. The van der Waals surface area contributed by atoms with Gasteiger partial charge in [0.05, 0.1) is 11.4 Å². The second kappa shape index (κ2) is 3.36. The van der Waals surface area contributed by atoms with Crippen LogP contribution >= 0.6 is 12.2 Å². The van der Waals surface area contributed by atoms with Gasteiger partial charge in [0.25, 0.3) is 0 Å². The van der Waals surface area contributed by atoms with Crippen LogP contribution in [0.2, 0.25) is 0 Å². The molecule has 12 heavy (non-hydrogen) atoms. The van der Waals surface area contributed by atoms with Gasteiger partial charge >= 0.3 is 0 Å². The van der Waals surface area contributed by atoms with Crippen LogP contribution in [0, 0.1) is 5.82 Å². The lowest BCUT2D eigenvalue weighted by Crippen LogP contribution is -2.19. The number of hydrogen-bond donors (Lipinski definition) is 3. The van der Waals surface area contributed by atoms with Gasteiger partial charge in [-0.05, 0) is 30.4 Å². The van der Waals surface area contributed by atoms with Crippen molar-refractivity contribution in [2.24, 2.45) is 5.73 Å². The third-order valence-electron chi connectivity index (χ3n) is 1.27. The first-order valence-electron chi connectivity index (χ1n) is 3.21. The standard InChI is InChI=1S/C7H8FN3S/c8-4-1-2-6(5(9)3-4)11-7(10)12/h1-3H,9H2,(H3,10,11,12). The van der Waals surface area contributed by atoms with Crippen molar-refractivity contribution < 1.29 is 4.39 Å². The Morgan fingerprint density at radius 3 is 2.67 bits per heavy atom. The molecule has 0 aliphatic heterocycles. The predicted octanol–water partition coefficient (Wildman–Crippen LogP) is 1.06. The molecule has 0 amide bonds. The lowest BCUT2D eigenvalue weighted by atomic mass is 10.2. The Balaban J connectivity index is 2.93. The van der Waals surface area contributed by atoms with E-state index in [0.29, 0.717) is 5.69 Å². The van der Waals surface area contributed by atoms with Crippen molar-refractivity contribution in [2.45, 2.75) is 0 Å². The van der Waals surface area contributed by atoms with Crippen molar-refractivity contribution in [3.63, 3.8) is 0 Å². The topological polar surface area (TPSA) is 64.1 Å². The smallest absolute Gasteiger partial charge is 0.168 e. The first-order valence-corrected chi connectivity index (χ1v) is 3.62. The third kappa shape index (κ3) is 2.06. The molecule has 1 rings (SSSR count). The van der Waals surface area contributed by atoms with Gasteiger partial charge in [-0.1, -0.05) is 0 Å². The van der Waals surface area contributed by atoms with Crippen molar-refractivity contribution in [2.75, 3.05) is 11.1 Å². The number of nitrogen functional groups attached to an aromatic ring is 1. The lowest BCUT2D eigenvalue weighted by molar-refractivity contribution is 0.628. The highest BCUT2D eigenvalue weighted by Gasteiger charge is 1.99. The molecule has 0 atom stereocenters. The Morgan fingerprint density at radius 1 is 1.50 bits per heavy atom. The van der Waals surface area contributed by atoms with Crippen LogP contribution in [0.5, 0.6) is 0 Å². The summed E-state index contributed by atoms with van der Waals surface area (Å²) < 4.78 is 12.5. The maximum atomic E-state index is 12.5. The zero-order valence-electron chi connectivity index (χ0n) is 6.17. The second-order valence-corrected chi connectivity index (χ2v) is 2.66. The predicted molar refractivity (Wildman–Crippen MR) is 51.2 cm³/mol. The van der Waals surface area contributed by atoms with E-state index in [-0.39, 0.29) is 16.6 Å². The molecular formula is C7H8FN3S. The Morgan fingerprint density at radius 2 is 2.17 bits per heavy atom. The fourth-order valence-electron chi connectivity index (χ4n) is 0.780. The number of hydrogen-bond acceptors (Lipinski definition) is 2. The monoisotopic (exact) mass is 185 g/mol. The van der Waals surface area contributed by atoms with Crippen molar-refractivity contribution in [3.05, 3.63) is 24.0 Å². The largest absolute Gasteiger partial charge is 0.397 e. The van der Waals surface area contributed by atoms with Crippen LogP contribution in [-0.4, -0.2) is 5.11 Å². The van der Waals surface area contributed by atoms with Gasteiger partial charge in [0.15, 0.2) is 5.11 Å². The van der Waals surface area contributed by atoms with Crippen molar-refractivity contribution in [3.8, 4) is 0 Å². The summed E-state index contributed by atoms with van der Waals surface area (Å²) in [6.07, 6.45) is 0. The number of thiocarbonyl (C=S) groups is 1. The molecule has 0 heterocycles. The minimum Gasteiger partial charge on any atom is -0.397 e.